The van der Waals surface area contributed by atoms with Crippen LogP contribution in [0.3, 0.4) is 0 Å². The second-order valence-electron chi connectivity index (χ2n) is 3.78. The zero-order valence-corrected chi connectivity index (χ0v) is 13.1. The highest BCUT2D eigenvalue weighted by atomic mass is 79.9. The number of rotatable bonds is 5. The number of halogens is 1. The van der Waals surface area contributed by atoms with Crippen molar-refractivity contribution in [3.63, 3.8) is 0 Å². The largest absolute Gasteiger partial charge is 0.478 e. The van der Waals surface area contributed by atoms with Crippen LogP contribution in [0.5, 0.6) is 0 Å². The summed E-state index contributed by atoms with van der Waals surface area (Å²) in [5.41, 5.74) is -0.183. The molecule has 0 fully saturated rings. The minimum absolute atomic E-state index is 0.183. The maximum atomic E-state index is 12.2. The van der Waals surface area contributed by atoms with Crippen LogP contribution in [-0.2, 0) is 19.6 Å². The number of carbonyl (C=O) groups is 2. The first kappa shape index (κ1) is 16.6. The number of hydrogen-bond donors (Lipinski definition) is 1. The minimum atomic E-state index is -3.97. The van der Waals surface area contributed by atoms with Gasteiger partial charge in [0.25, 0.3) is 0 Å². The monoisotopic (exact) mass is 365 g/mol. The fourth-order valence-corrected chi connectivity index (χ4v) is 2.90. The van der Waals surface area contributed by atoms with Crippen molar-refractivity contribution in [3.05, 3.63) is 28.2 Å². The molecule has 1 aromatic rings. The summed E-state index contributed by atoms with van der Waals surface area (Å²) in [5.74, 6) is -1.98. The quantitative estimate of drug-likeness (QED) is 0.779. The van der Waals surface area contributed by atoms with E-state index >= 15 is 0 Å². The van der Waals surface area contributed by atoms with Gasteiger partial charge in [0.1, 0.15) is 6.54 Å². The van der Waals surface area contributed by atoms with E-state index in [4.69, 9.17) is 5.11 Å². The van der Waals surface area contributed by atoms with Crippen molar-refractivity contribution in [1.82, 2.24) is 4.31 Å². The smallest absolute Gasteiger partial charge is 0.336 e. The Morgan fingerprint density at radius 3 is 2.50 bits per heavy atom. The Kier molecular flexibility index (Phi) is 5.26. The number of benzene rings is 1. The van der Waals surface area contributed by atoms with Gasteiger partial charge >= 0.3 is 11.9 Å². The van der Waals surface area contributed by atoms with Crippen LogP contribution >= 0.6 is 15.9 Å². The van der Waals surface area contributed by atoms with Crippen LogP contribution in [0.25, 0.3) is 0 Å². The summed E-state index contributed by atoms with van der Waals surface area (Å²) < 4.78 is 29.8. The number of carboxylic acids is 1. The van der Waals surface area contributed by atoms with E-state index in [-0.39, 0.29) is 14.9 Å². The van der Waals surface area contributed by atoms with Crippen LogP contribution in [0.4, 0.5) is 0 Å². The maximum Gasteiger partial charge on any atom is 0.336 e. The summed E-state index contributed by atoms with van der Waals surface area (Å²) in [7, 11) is -1.62. The van der Waals surface area contributed by atoms with E-state index < -0.39 is 28.5 Å². The van der Waals surface area contributed by atoms with Gasteiger partial charge in [-0.3, -0.25) is 4.79 Å². The molecule has 110 valence electrons. The first-order valence-electron chi connectivity index (χ1n) is 5.26. The Bertz CT molecular complexity index is 642. The van der Waals surface area contributed by atoms with Crippen molar-refractivity contribution in [1.29, 1.82) is 0 Å². The highest BCUT2D eigenvalue weighted by Gasteiger charge is 2.25. The first-order chi connectivity index (χ1) is 9.20. The number of ether oxygens (including phenoxy) is 1. The standard InChI is InChI=1S/C11H12BrNO6S/c1-13(6-10(14)19-2)20(17,18)7-3-4-9(12)8(5-7)11(15)16/h3-5H,6H2,1-2H3,(H,15,16). The van der Waals surface area contributed by atoms with Crippen molar-refractivity contribution in [2.75, 3.05) is 20.7 Å². The van der Waals surface area contributed by atoms with Gasteiger partial charge in [0.2, 0.25) is 10.0 Å². The molecule has 0 aliphatic rings. The molecule has 1 N–H and O–H groups in total. The molecular formula is C11H12BrNO6S. The summed E-state index contributed by atoms with van der Waals surface area (Å²) in [6.07, 6.45) is 0. The second kappa shape index (κ2) is 6.33. The van der Waals surface area contributed by atoms with E-state index in [0.717, 1.165) is 17.5 Å². The summed E-state index contributed by atoms with van der Waals surface area (Å²) >= 11 is 3.02. The normalized spacial score (nSPS) is 11.4. The lowest BCUT2D eigenvalue weighted by Gasteiger charge is -2.16. The fourth-order valence-electron chi connectivity index (χ4n) is 1.34. The van der Waals surface area contributed by atoms with Crippen LogP contribution < -0.4 is 0 Å². The molecule has 0 heterocycles. The zero-order valence-electron chi connectivity index (χ0n) is 10.7. The number of nitrogens with zero attached hydrogens (tertiary/aromatic N) is 1. The molecule has 0 aliphatic heterocycles. The van der Waals surface area contributed by atoms with Crippen LogP contribution in [0.15, 0.2) is 27.6 Å². The maximum absolute atomic E-state index is 12.2. The Morgan fingerprint density at radius 2 is 2.00 bits per heavy atom. The molecular weight excluding hydrogens is 354 g/mol. The Morgan fingerprint density at radius 1 is 1.40 bits per heavy atom. The number of sulfonamides is 1. The van der Waals surface area contributed by atoms with E-state index in [1.165, 1.54) is 19.2 Å². The molecule has 1 rings (SSSR count). The zero-order chi connectivity index (χ0) is 15.5. The summed E-state index contributed by atoms with van der Waals surface area (Å²) in [6.45, 7) is -0.461. The third-order valence-corrected chi connectivity index (χ3v) is 4.95. The predicted molar refractivity (Wildman–Crippen MR) is 72.9 cm³/mol. The van der Waals surface area contributed by atoms with Crippen molar-refractivity contribution in [2.45, 2.75) is 4.90 Å². The lowest BCUT2D eigenvalue weighted by atomic mass is 10.2. The van der Waals surface area contributed by atoms with Crippen molar-refractivity contribution in [2.24, 2.45) is 0 Å². The number of esters is 1. The molecule has 0 radical (unpaired) electrons. The van der Waals surface area contributed by atoms with Gasteiger partial charge in [0, 0.05) is 11.5 Å². The van der Waals surface area contributed by atoms with Crippen molar-refractivity contribution < 1.29 is 27.9 Å². The van der Waals surface area contributed by atoms with Crippen LogP contribution in [0.2, 0.25) is 0 Å². The first-order valence-corrected chi connectivity index (χ1v) is 7.49. The fraction of sp³-hybridized carbons (Fsp3) is 0.273. The Labute approximate surface area is 124 Å². The third kappa shape index (κ3) is 3.56. The van der Waals surface area contributed by atoms with E-state index in [9.17, 15) is 18.0 Å². The van der Waals surface area contributed by atoms with Gasteiger partial charge in [-0.1, -0.05) is 0 Å². The molecule has 9 heteroatoms. The minimum Gasteiger partial charge on any atom is -0.478 e. The van der Waals surface area contributed by atoms with Gasteiger partial charge in [0.05, 0.1) is 17.6 Å². The average Bonchev–Trinajstić information content (AvgIpc) is 2.38. The topological polar surface area (TPSA) is 101 Å². The molecule has 7 nitrogen and oxygen atoms in total. The van der Waals surface area contributed by atoms with E-state index in [2.05, 4.69) is 20.7 Å². The van der Waals surface area contributed by atoms with E-state index in [1.54, 1.807) is 0 Å². The van der Waals surface area contributed by atoms with Crippen molar-refractivity contribution in [3.8, 4) is 0 Å². The molecule has 0 amide bonds. The molecule has 0 bridgehead atoms. The molecule has 0 saturated heterocycles. The lowest BCUT2D eigenvalue weighted by molar-refractivity contribution is -0.140. The summed E-state index contributed by atoms with van der Waals surface area (Å²) in [5, 5.41) is 8.97. The van der Waals surface area contributed by atoms with Gasteiger partial charge in [-0.05, 0) is 34.1 Å². The Hall–Kier alpha value is -1.45. The molecule has 0 spiro atoms. The number of carboxylic acid groups (broad SMARTS) is 1. The summed E-state index contributed by atoms with van der Waals surface area (Å²) in [6, 6.07) is 3.59. The number of carbonyl (C=O) groups excluding carboxylic acids is 1. The van der Waals surface area contributed by atoms with Gasteiger partial charge in [0.15, 0.2) is 0 Å². The molecule has 0 aliphatic carbocycles. The van der Waals surface area contributed by atoms with Crippen molar-refractivity contribution >= 4 is 37.9 Å². The third-order valence-electron chi connectivity index (χ3n) is 2.46. The Balaban J connectivity index is 3.19. The average molecular weight is 366 g/mol. The van der Waals surface area contributed by atoms with Crippen LogP contribution in [0, 0.1) is 0 Å². The molecule has 20 heavy (non-hydrogen) atoms. The van der Waals surface area contributed by atoms with E-state index in [0.29, 0.717) is 0 Å². The number of methoxy groups -OCH3 is 1. The molecule has 0 unspecified atom stereocenters. The van der Waals surface area contributed by atoms with Gasteiger partial charge in [-0.2, -0.15) is 4.31 Å². The molecule has 1 aromatic carbocycles. The molecule has 0 atom stereocenters. The molecule has 0 aromatic heterocycles. The van der Waals surface area contributed by atoms with Gasteiger partial charge in [-0.15, -0.1) is 0 Å². The van der Waals surface area contributed by atoms with Crippen LogP contribution in [0.1, 0.15) is 10.4 Å². The molecule has 0 saturated carbocycles. The van der Waals surface area contributed by atoms with E-state index in [1.807, 2.05) is 0 Å². The highest BCUT2D eigenvalue weighted by Crippen LogP contribution is 2.22. The number of aromatic carboxylic acids is 1. The number of likely N-dealkylation sites (N-methyl/N-ethyl adjacent to an activating group) is 1. The predicted octanol–water partition coefficient (Wildman–Crippen LogP) is 0.941. The summed E-state index contributed by atoms with van der Waals surface area (Å²) in [4.78, 5) is 21.9. The van der Waals surface area contributed by atoms with Gasteiger partial charge < -0.3 is 9.84 Å². The van der Waals surface area contributed by atoms with Crippen LogP contribution in [-0.4, -0.2) is 50.5 Å². The lowest BCUT2D eigenvalue weighted by Crippen LogP contribution is -2.32. The SMILES string of the molecule is COC(=O)CN(C)S(=O)(=O)c1ccc(Br)c(C(=O)O)c1. The van der Waals surface area contributed by atoms with Gasteiger partial charge in [-0.25, -0.2) is 13.2 Å². The second-order valence-corrected chi connectivity index (χ2v) is 6.68. The number of hydrogen-bond acceptors (Lipinski definition) is 5. The highest BCUT2D eigenvalue weighted by molar-refractivity contribution is 9.10.